The molecule has 42 heavy (non-hydrogen) atoms. The molecule has 1 aliphatic rings. The van der Waals surface area contributed by atoms with Crippen LogP contribution >= 0.6 is 0 Å². The van der Waals surface area contributed by atoms with Gasteiger partial charge in [-0.3, -0.25) is 9.52 Å². The summed E-state index contributed by atoms with van der Waals surface area (Å²) in [6, 6.07) is 4.04. The molecule has 2 aromatic heterocycles. The molecule has 16 heteroatoms. The Hall–Kier alpha value is -3.47. The van der Waals surface area contributed by atoms with Gasteiger partial charge in [-0.25, -0.2) is 21.8 Å². The fourth-order valence-corrected chi connectivity index (χ4v) is 7.33. The van der Waals surface area contributed by atoms with Gasteiger partial charge in [0.1, 0.15) is 17.5 Å². The third-order valence-electron chi connectivity index (χ3n) is 7.20. The Morgan fingerprint density at radius 2 is 1.95 bits per heavy atom. The highest BCUT2D eigenvalue weighted by molar-refractivity contribution is 7.92. The number of likely N-dealkylation sites (N-methyl/N-ethyl adjacent to an activating group) is 1. The van der Waals surface area contributed by atoms with Gasteiger partial charge in [0, 0.05) is 44.0 Å². The van der Waals surface area contributed by atoms with Crippen LogP contribution in [0.3, 0.4) is 0 Å². The second-order valence-corrected chi connectivity index (χ2v) is 14.2. The van der Waals surface area contributed by atoms with Crippen molar-refractivity contribution in [3.8, 4) is 5.75 Å². The van der Waals surface area contributed by atoms with Gasteiger partial charge >= 0.3 is 0 Å². The maximum Gasteiger partial charge on any atom is 0.267 e. The molecule has 3 aromatic rings. The zero-order valence-electron chi connectivity index (χ0n) is 24.3. The number of carbonyl (C=O) groups is 1. The smallest absolute Gasteiger partial charge is 0.267 e. The molecule has 1 aliphatic heterocycles. The van der Waals surface area contributed by atoms with E-state index in [0.29, 0.717) is 11.3 Å². The number of hydrogen-bond donors (Lipinski definition) is 2. The number of aryl methyl sites for hydroxylation is 3. The number of benzene rings is 1. The number of carbonyl (C=O) groups excluding carboxylic acids is 1. The number of aromatic nitrogens is 3. The van der Waals surface area contributed by atoms with Crippen molar-refractivity contribution < 1.29 is 36.0 Å². The van der Waals surface area contributed by atoms with Crippen LogP contribution in [0, 0.1) is 19.8 Å². The first kappa shape index (κ1) is 31.5. The lowest BCUT2D eigenvalue weighted by atomic mass is 10.0. The van der Waals surface area contributed by atoms with Crippen LogP contribution in [0.2, 0.25) is 0 Å². The molecule has 1 aromatic carbocycles. The molecule has 3 heterocycles. The van der Waals surface area contributed by atoms with Crippen LogP contribution in [0.5, 0.6) is 5.75 Å². The first-order chi connectivity index (χ1) is 19.6. The maximum atomic E-state index is 13.5. The number of ether oxygens (including phenoxy) is 1. The van der Waals surface area contributed by atoms with Crippen LogP contribution in [0.4, 0.5) is 5.69 Å². The van der Waals surface area contributed by atoms with Gasteiger partial charge in [0.25, 0.3) is 20.0 Å². The Morgan fingerprint density at radius 3 is 2.55 bits per heavy atom. The third kappa shape index (κ3) is 6.45. The molecular weight excluding hydrogens is 588 g/mol. The minimum Gasteiger partial charge on any atom is -0.488 e. The second-order valence-electron chi connectivity index (χ2n) is 10.6. The van der Waals surface area contributed by atoms with Crippen molar-refractivity contribution in [1.82, 2.24) is 23.9 Å². The summed E-state index contributed by atoms with van der Waals surface area (Å²) in [5.74, 6) is -0.207. The molecule has 14 nitrogen and oxygen atoms in total. The summed E-state index contributed by atoms with van der Waals surface area (Å²) in [5, 5.41) is 13.5. The zero-order valence-corrected chi connectivity index (χ0v) is 25.9. The number of nitrogens with zero attached hydrogens (tertiary/aromatic N) is 5. The average molecular weight is 625 g/mol. The molecule has 0 radical (unpaired) electrons. The van der Waals surface area contributed by atoms with Crippen molar-refractivity contribution in [2.24, 2.45) is 13.0 Å². The second kappa shape index (κ2) is 12.0. The van der Waals surface area contributed by atoms with E-state index in [1.807, 2.05) is 6.92 Å². The predicted octanol–water partition coefficient (Wildman–Crippen LogP) is 1.30. The summed E-state index contributed by atoms with van der Waals surface area (Å²) in [6.45, 7) is 6.43. The molecular formula is C26H36N6O8S2. The van der Waals surface area contributed by atoms with Crippen molar-refractivity contribution in [2.45, 2.75) is 56.2 Å². The van der Waals surface area contributed by atoms with Crippen molar-refractivity contribution in [1.29, 1.82) is 0 Å². The van der Waals surface area contributed by atoms with E-state index in [1.54, 1.807) is 20.0 Å². The Morgan fingerprint density at radius 1 is 1.24 bits per heavy atom. The van der Waals surface area contributed by atoms with Gasteiger partial charge in [-0.2, -0.15) is 4.31 Å². The minimum absolute atomic E-state index is 0.0600. The van der Waals surface area contributed by atoms with E-state index >= 15 is 0 Å². The molecule has 230 valence electrons. The summed E-state index contributed by atoms with van der Waals surface area (Å²) in [7, 11) is -4.89. The predicted molar refractivity (Wildman–Crippen MR) is 152 cm³/mol. The average Bonchev–Trinajstić information content (AvgIpc) is 3.52. The van der Waals surface area contributed by atoms with Gasteiger partial charge in [-0.1, -0.05) is 12.1 Å². The standard InChI is InChI=1S/C26H36N6O8S2/c1-16-11-32(17(2)14-33)25(34)10-20-9-21(29-41(35,36)26-18(3)28-40-19(26)4)7-8-22(20)39-23(16)12-31(6)42(37,38)24-13-30(5)15-27-24/h7-9,13,15-17,23,29,33H,10-12,14H2,1-6H3/t16-,17-,23+/m0/s1. The van der Waals surface area contributed by atoms with Crippen molar-refractivity contribution in [3.63, 3.8) is 0 Å². The molecule has 4 rings (SSSR count). The van der Waals surface area contributed by atoms with E-state index in [1.165, 1.54) is 55.0 Å². The Labute approximate surface area is 245 Å². The monoisotopic (exact) mass is 624 g/mol. The minimum atomic E-state index is -4.06. The SMILES string of the molecule is Cc1noc(C)c1S(=O)(=O)Nc1ccc2c(c1)CC(=O)N([C@@H](C)CO)C[C@H](C)[C@@H](CN(C)S(=O)(=O)c1cn(C)cn1)O2. The molecule has 0 saturated heterocycles. The number of hydrogen-bond acceptors (Lipinski definition) is 10. The summed E-state index contributed by atoms with van der Waals surface area (Å²) in [5.41, 5.74) is 0.783. The Bertz CT molecular complexity index is 1650. The highest BCUT2D eigenvalue weighted by Crippen LogP contribution is 2.31. The summed E-state index contributed by atoms with van der Waals surface area (Å²) < 4.78 is 69.2. The summed E-state index contributed by atoms with van der Waals surface area (Å²) in [6.07, 6.45) is 1.95. The van der Waals surface area contributed by atoms with Crippen molar-refractivity contribution in [2.75, 3.05) is 31.5 Å². The number of aliphatic hydroxyl groups excluding tert-OH is 1. The van der Waals surface area contributed by atoms with E-state index in [2.05, 4.69) is 14.9 Å². The van der Waals surface area contributed by atoms with E-state index in [4.69, 9.17) is 9.26 Å². The number of sulfonamides is 2. The van der Waals surface area contributed by atoms with Crippen LogP contribution < -0.4 is 9.46 Å². The number of nitrogens with one attached hydrogen (secondary N) is 1. The quantitative estimate of drug-likeness (QED) is 0.353. The first-order valence-electron chi connectivity index (χ1n) is 13.2. The molecule has 0 bridgehead atoms. The fraction of sp³-hybridized carbons (Fsp3) is 0.500. The molecule has 0 spiro atoms. The van der Waals surface area contributed by atoms with Crippen LogP contribution in [-0.2, 0) is 38.3 Å². The van der Waals surface area contributed by atoms with Crippen LogP contribution in [-0.4, -0.2) is 90.7 Å². The van der Waals surface area contributed by atoms with Gasteiger partial charge in [0.05, 0.1) is 31.9 Å². The topological polar surface area (TPSA) is 177 Å². The number of amides is 1. The molecule has 3 atom stereocenters. The lowest BCUT2D eigenvalue weighted by Gasteiger charge is -2.33. The molecule has 0 unspecified atom stereocenters. The Balaban J connectivity index is 1.70. The number of rotatable bonds is 9. The molecule has 1 amide bonds. The van der Waals surface area contributed by atoms with E-state index in [-0.39, 0.29) is 65.0 Å². The lowest BCUT2D eigenvalue weighted by molar-refractivity contribution is -0.134. The molecule has 0 aliphatic carbocycles. The Kier molecular flexibility index (Phi) is 9.01. The van der Waals surface area contributed by atoms with E-state index in [0.717, 1.165) is 4.31 Å². The molecule has 2 N–H and O–H groups in total. The maximum absolute atomic E-state index is 13.5. The van der Waals surface area contributed by atoms with Gasteiger partial charge in [-0.05, 0) is 39.0 Å². The van der Waals surface area contributed by atoms with Crippen LogP contribution in [0.15, 0.2) is 45.2 Å². The first-order valence-corrected chi connectivity index (χ1v) is 16.2. The largest absolute Gasteiger partial charge is 0.488 e. The van der Waals surface area contributed by atoms with Gasteiger partial charge in [0.15, 0.2) is 15.7 Å². The van der Waals surface area contributed by atoms with Crippen molar-refractivity contribution in [3.05, 3.63) is 47.7 Å². The van der Waals surface area contributed by atoms with E-state index < -0.39 is 32.2 Å². The lowest BCUT2D eigenvalue weighted by Crippen LogP contribution is -2.48. The van der Waals surface area contributed by atoms with Crippen LogP contribution in [0.1, 0.15) is 30.9 Å². The number of aliphatic hydroxyl groups is 1. The molecule has 0 saturated carbocycles. The van der Waals surface area contributed by atoms with Crippen molar-refractivity contribution >= 4 is 31.6 Å². The highest BCUT2D eigenvalue weighted by Gasteiger charge is 2.34. The van der Waals surface area contributed by atoms with E-state index in [9.17, 15) is 26.7 Å². The summed E-state index contributed by atoms with van der Waals surface area (Å²) in [4.78, 5) is 18.9. The van der Waals surface area contributed by atoms with Crippen LogP contribution in [0.25, 0.3) is 0 Å². The zero-order chi connectivity index (χ0) is 31.0. The van der Waals surface area contributed by atoms with Gasteiger partial charge in [0.2, 0.25) is 5.91 Å². The highest BCUT2D eigenvalue weighted by atomic mass is 32.2. The number of imidazole rings is 1. The summed E-state index contributed by atoms with van der Waals surface area (Å²) >= 11 is 0. The van der Waals surface area contributed by atoms with Gasteiger partial charge in [-0.15, -0.1) is 0 Å². The number of anilines is 1. The third-order valence-corrected chi connectivity index (χ3v) is 10.5. The molecule has 0 fully saturated rings. The normalized spacial score (nSPS) is 19.0. The van der Waals surface area contributed by atoms with Gasteiger partial charge < -0.3 is 23.8 Å². The number of fused-ring (bicyclic) bond motifs is 1. The fourth-order valence-electron chi connectivity index (χ4n) is 4.81.